The van der Waals surface area contributed by atoms with Crippen molar-refractivity contribution >= 4 is 6.08 Å². The van der Waals surface area contributed by atoms with Gasteiger partial charge in [-0.2, -0.15) is 0 Å². The second kappa shape index (κ2) is 6.79. The van der Waals surface area contributed by atoms with Crippen molar-refractivity contribution in [1.82, 2.24) is 0 Å². The van der Waals surface area contributed by atoms with Gasteiger partial charge in [-0.05, 0) is 43.0 Å². The molecule has 0 saturated carbocycles. The van der Waals surface area contributed by atoms with Crippen LogP contribution in [0.3, 0.4) is 0 Å². The summed E-state index contributed by atoms with van der Waals surface area (Å²) in [7, 11) is 1.68. The highest BCUT2D eigenvalue weighted by atomic mass is 16.5. The van der Waals surface area contributed by atoms with Gasteiger partial charge in [0.05, 0.1) is 7.11 Å². The van der Waals surface area contributed by atoms with Gasteiger partial charge >= 0.3 is 0 Å². The summed E-state index contributed by atoms with van der Waals surface area (Å²) in [6, 6.07) is 8.07. The summed E-state index contributed by atoms with van der Waals surface area (Å²) in [4.78, 5) is 0. The summed E-state index contributed by atoms with van der Waals surface area (Å²) in [6.07, 6.45) is 15.5. The molecule has 0 aromatic heterocycles. The summed E-state index contributed by atoms with van der Waals surface area (Å²) in [5, 5.41) is 0. The predicted molar refractivity (Wildman–Crippen MR) is 82.2 cm³/mol. The topological polar surface area (TPSA) is 9.23 Å². The molecule has 0 N–H and O–H groups in total. The molecule has 2 rings (SSSR count). The molecular formula is C18H20O. The number of benzene rings is 1. The Morgan fingerprint density at radius 2 is 1.95 bits per heavy atom. The van der Waals surface area contributed by atoms with Crippen molar-refractivity contribution in [2.45, 2.75) is 19.8 Å². The Bertz CT molecular complexity index is 527. The quantitative estimate of drug-likeness (QED) is 0.690. The van der Waals surface area contributed by atoms with Crippen LogP contribution in [-0.2, 0) is 0 Å². The standard InChI is InChI=1S/C18H20O/c1-15(14-17-6-4-3-5-7-17)8-9-16-10-12-18(19-2)13-11-16/h4,6-14H,3,5H2,1-2H3/b9-8+,15-14+. The maximum Gasteiger partial charge on any atom is 0.118 e. The van der Waals surface area contributed by atoms with Crippen LogP contribution in [0.2, 0.25) is 0 Å². The molecule has 0 amide bonds. The van der Waals surface area contributed by atoms with Gasteiger partial charge in [-0.25, -0.2) is 0 Å². The highest BCUT2D eigenvalue weighted by Gasteiger charge is 1.94. The third kappa shape index (κ3) is 4.29. The molecule has 0 bridgehead atoms. The predicted octanol–water partition coefficient (Wildman–Crippen LogP) is 4.93. The number of methoxy groups -OCH3 is 1. The Morgan fingerprint density at radius 3 is 2.58 bits per heavy atom. The second-order valence-electron chi connectivity index (χ2n) is 4.68. The highest BCUT2D eigenvalue weighted by Crippen LogP contribution is 2.15. The Labute approximate surface area is 115 Å². The fraction of sp³-hybridized carbons (Fsp3) is 0.222. The molecule has 0 unspecified atom stereocenters. The first kappa shape index (κ1) is 13.4. The van der Waals surface area contributed by atoms with Gasteiger partial charge in [-0.15, -0.1) is 0 Å². The molecular weight excluding hydrogens is 232 g/mol. The molecule has 1 aromatic carbocycles. The van der Waals surface area contributed by atoms with Gasteiger partial charge in [0.2, 0.25) is 0 Å². The van der Waals surface area contributed by atoms with Gasteiger partial charge in [0.1, 0.15) is 5.75 Å². The molecule has 0 radical (unpaired) electrons. The van der Waals surface area contributed by atoms with Gasteiger partial charge in [-0.1, -0.05) is 54.2 Å². The van der Waals surface area contributed by atoms with Crippen molar-refractivity contribution in [2.75, 3.05) is 7.11 Å². The van der Waals surface area contributed by atoms with Gasteiger partial charge in [0.15, 0.2) is 0 Å². The van der Waals surface area contributed by atoms with Crippen LogP contribution >= 0.6 is 0 Å². The molecule has 19 heavy (non-hydrogen) atoms. The second-order valence-corrected chi connectivity index (χ2v) is 4.68. The minimum absolute atomic E-state index is 0.891. The fourth-order valence-electron chi connectivity index (χ4n) is 1.99. The number of ether oxygens (including phenoxy) is 1. The van der Waals surface area contributed by atoms with E-state index in [9.17, 15) is 0 Å². The van der Waals surface area contributed by atoms with E-state index in [-0.39, 0.29) is 0 Å². The van der Waals surface area contributed by atoms with E-state index in [1.165, 1.54) is 16.7 Å². The molecule has 0 fully saturated rings. The fourth-order valence-corrected chi connectivity index (χ4v) is 1.99. The number of hydrogen-bond acceptors (Lipinski definition) is 1. The van der Waals surface area contributed by atoms with E-state index < -0.39 is 0 Å². The van der Waals surface area contributed by atoms with Crippen molar-refractivity contribution in [1.29, 1.82) is 0 Å². The number of allylic oxidation sites excluding steroid dienone is 7. The van der Waals surface area contributed by atoms with Crippen LogP contribution in [0.4, 0.5) is 0 Å². The lowest BCUT2D eigenvalue weighted by molar-refractivity contribution is 0.415. The lowest BCUT2D eigenvalue weighted by Gasteiger charge is -2.02. The molecule has 1 nitrogen and oxygen atoms in total. The lowest BCUT2D eigenvalue weighted by atomic mass is 10.0. The van der Waals surface area contributed by atoms with Crippen LogP contribution in [-0.4, -0.2) is 7.11 Å². The normalized spacial score (nSPS) is 15.7. The molecule has 1 heteroatoms. The van der Waals surface area contributed by atoms with Crippen molar-refractivity contribution in [3.05, 3.63) is 71.4 Å². The van der Waals surface area contributed by atoms with Gasteiger partial charge in [0, 0.05) is 0 Å². The van der Waals surface area contributed by atoms with E-state index in [1.807, 2.05) is 12.1 Å². The average Bonchev–Trinajstić information content (AvgIpc) is 2.47. The van der Waals surface area contributed by atoms with E-state index in [4.69, 9.17) is 4.74 Å². The molecule has 1 aliphatic rings. The molecule has 0 atom stereocenters. The Morgan fingerprint density at radius 1 is 1.16 bits per heavy atom. The molecule has 0 saturated heterocycles. The summed E-state index contributed by atoms with van der Waals surface area (Å²) >= 11 is 0. The van der Waals surface area contributed by atoms with Crippen LogP contribution in [0.5, 0.6) is 5.75 Å². The maximum absolute atomic E-state index is 5.14. The smallest absolute Gasteiger partial charge is 0.118 e. The van der Waals surface area contributed by atoms with Crippen molar-refractivity contribution < 1.29 is 4.74 Å². The zero-order valence-corrected chi connectivity index (χ0v) is 11.6. The minimum atomic E-state index is 0.891. The van der Waals surface area contributed by atoms with E-state index in [0.717, 1.165) is 18.6 Å². The van der Waals surface area contributed by atoms with Crippen LogP contribution in [0.25, 0.3) is 6.08 Å². The average molecular weight is 252 g/mol. The summed E-state index contributed by atoms with van der Waals surface area (Å²) in [5.41, 5.74) is 3.75. The highest BCUT2D eigenvalue weighted by molar-refractivity contribution is 5.54. The van der Waals surface area contributed by atoms with Crippen molar-refractivity contribution in [3.8, 4) is 5.75 Å². The van der Waals surface area contributed by atoms with E-state index in [1.54, 1.807) is 7.11 Å². The van der Waals surface area contributed by atoms with Crippen molar-refractivity contribution in [3.63, 3.8) is 0 Å². The first-order valence-corrected chi connectivity index (χ1v) is 6.65. The van der Waals surface area contributed by atoms with E-state index >= 15 is 0 Å². The third-order valence-corrected chi connectivity index (χ3v) is 3.07. The molecule has 0 heterocycles. The van der Waals surface area contributed by atoms with Crippen LogP contribution < -0.4 is 4.74 Å². The molecule has 1 aromatic rings. The van der Waals surface area contributed by atoms with E-state index in [2.05, 4.69) is 55.5 Å². The number of hydrogen-bond donors (Lipinski definition) is 0. The van der Waals surface area contributed by atoms with Crippen LogP contribution in [0, 0.1) is 0 Å². The third-order valence-electron chi connectivity index (χ3n) is 3.07. The molecule has 0 aliphatic heterocycles. The first-order valence-electron chi connectivity index (χ1n) is 6.65. The lowest BCUT2D eigenvalue weighted by Crippen LogP contribution is -1.82. The van der Waals surface area contributed by atoms with E-state index in [0.29, 0.717) is 0 Å². The van der Waals surface area contributed by atoms with Crippen LogP contribution in [0.1, 0.15) is 25.3 Å². The van der Waals surface area contributed by atoms with Crippen LogP contribution in [0.15, 0.2) is 65.8 Å². The summed E-state index contributed by atoms with van der Waals surface area (Å²) in [6.45, 7) is 2.13. The minimum Gasteiger partial charge on any atom is -0.497 e. The van der Waals surface area contributed by atoms with Gasteiger partial charge in [-0.3, -0.25) is 0 Å². The SMILES string of the molecule is COc1ccc(/C=C/C(C)=C/C2=CCCC=C2)cc1. The summed E-state index contributed by atoms with van der Waals surface area (Å²) in [5.74, 6) is 0.891. The van der Waals surface area contributed by atoms with Gasteiger partial charge < -0.3 is 4.74 Å². The maximum atomic E-state index is 5.14. The molecule has 98 valence electrons. The number of rotatable bonds is 4. The Balaban J connectivity index is 2.02. The van der Waals surface area contributed by atoms with Gasteiger partial charge in [0.25, 0.3) is 0 Å². The first-order chi connectivity index (χ1) is 9.28. The van der Waals surface area contributed by atoms with Crippen molar-refractivity contribution in [2.24, 2.45) is 0 Å². The Kier molecular flexibility index (Phi) is 4.79. The molecule has 1 aliphatic carbocycles. The monoisotopic (exact) mass is 252 g/mol. The largest absolute Gasteiger partial charge is 0.497 e. The zero-order valence-electron chi connectivity index (χ0n) is 11.6. The Hall–Kier alpha value is -2.02. The zero-order chi connectivity index (χ0) is 13.5. The molecule has 0 spiro atoms. The summed E-state index contributed by atoms with van der Waals surface area (Å²) < 4.78 is 5.14.